The highest BCUT2D eigenvalue weighted by molar-refractivity contribution is 7.86. The molecule has 8 heteroatoms. The summed E-state index contributed by atoms with van der Waals surface area (Å²) in [6.07, 6.45) is 0.755. The molecule has 2 heterocycles. The third-order valence-electron chi connectivity index (χ3n) is 2.85. The van der Waals surface area contributed by atoms with Crippen molar-refractivity contribution < 1.29 is 17.1 Å². The SMILES string of the molecule is O=C1CC(CS(=O)(=O)F)CN1CCc1cscn1. The van der Waals surface area contributed by atoms with Crippen molar-refractivity contribution >= 4 is 27.5 Å². The zero-order chi connectivity index (χ0) is 13.2. The first-order valence-corrected chi connectivity index (χ1v) is 8.01. The Morgan fingerprint density at radius 2 is 2.33 bits per heavy atom. The molecule has 1 atom stereocenters. The highest BCUT2D eigenvalue weighted by Gasteiger charge is 2.32. The smallest absolute Gasteiger partial charge is 0.302 e. The molecule has 0 bridgehead atoms. The van der Waals surface area contributed by atoms with Gasteiger partial charge in [-0.25, -0.2) is 4.98 Å². The van der Waals surface area contributed by atoms with Gasteiger partial charge in [0.2, 0.25) is 5.91 Å². The highest BCUT2D eigenvalue weighted by atomic mass is 32.3. The van der Waals surface area contributed by atoms with E-state index in [4.69, 9.17) is 0 Å². The molecule has 5 nitrogen and oxygen atoms in total. The van der Waals surface area contributed by atoms with Crippen molar-refractivity contribution in [3.63, 3.8) is 0 Å². The molecule has 1 unspecified atom stereocenters. The van der Waals surface area contributed by atoms with Crippen molar-refractivity contribution in [2.45, 2.75) is 12.8 Å². The number of hydrogen-bond acceptors (Lipinski definition) is 5. The predicted octanol–water partition coefficient (Wildman–Crippen LogP) is 0.833. The number of aromatic nitrogens is 1. The standard InChI is InChI=1S/C10H13FN2O3S2/c11-18(15,16)6-8-3-10(14)13(4-8)2-1-9-5-17-7-12-9/h5,7-8H,1-4,6H2. The lowest BCUT2D eigenvalue weighted by Crippen LogP contribution is -2.28. The van der Waals surface area contributed by atoms with E-state index in [0.717, 1.165) is 5.69 Å². The maximum absolute atomic E-state index is 12.5. The molecule has 0 aromatic carbocycles. The molecule has 0 N–H and O–H groups in total. The molecular formula is C10H13FN2O3S2. The molecule has 0 saturated carbocycles. The van der Waals surface area contributed by atoms with Crippen LogP contribution >= 0.6 is 11.3 Å². The normalized spacial score (nSPS) is 20.6. The zero-order valence-corrected chi connectivity index (χ0v) is 11.2. The Kier molecular flexibility index (Phi) is 3.96. The molecule has 18 heavy (non-hydrogen) atoms. The Morgan fingerprint density at radius 1 is 1.56 bits per heavy atom. The van der Waals surface area contributed by atoms with Crippen molar-refractivity contribution in [2.24, 2.45) is 5.92 Å². The van der Waals surface area contributed by atoms with Gasteiger partial charge in [0.1, 0.15) is 0 Å². The van der Waals surface area contributed by atoms with E-state index in [1.54, 1.807) is 10.4 Å². The average Bonchev–Trinajstić information content (AvgIpc) is 2.83. The Hall–Kier alpha value is -1.02. The number of halogens is 1. The number of carbonyl (C=O) groups excluding carboxylic acids is 1. The van der Waals surface area contributed by atoms with Gasteiger partial charge in [-0.15, -0.1) is 15.2 Å². The molecular weight excluding hydrogens is 279 g/mol. The maximum Gasteiger partial charge on any atom is 0.302 e. The Balaban J connectivity index is 1.86. The van der Waals surface area contributed by atoms with Gasteiger partial charge in [0.05, 0.1) is 17.0 Å². The lowest BCUT2D eigenvalue weighted by atomic mass is 10.1. The topological polar surface area (TPSA) is 67.3 Å². The molecule has 1 aromatic rings. The van der Waals surface area contributed by atoms with E-state index in [2.05, 4.69) is 4.98 Å². The third kappa shape index (κ3) is 3.74. The largest absolute Gasteiger partial charge is 0.342 e. The van der Waals surface area contributed by atoms with Crippen molar-refractivity contribution in [1.29, 1.82) is 0 Å². The van der Waals surface area contributed by atoms with E-state index in [1.165, 1.54) is 11.3 Å². The van der Waals surface area contributed by atoms with Crippen LogP contribution < -0.4 is 0 Å². The monoisotopic (exact) mass is 292 g/mol. The fourth-order valence-electron chi connectivity index (χ4n) is 2.07. The maximum atomic E-state index is 12.5. The third-order valence-corrected chi connectivity index (χ3v) is 4.36. The lowest BCUT2D eigenvalue weighted by Gasteiger charge is -2.15. The number of rotatable bonds is 5. The molecule has 1 aromatic heterocycles. The summed E-state index contributed by atoms with van der Waals surface area (Å²) in [6, 6.07) is 0. The van der Waals surface area contributed by atoms with E-state index in [-0.39, 0.29) is 12.3 Å². The summed E-state index contributed by atoms with van der Waals surface area (Å²) in [5.74, 6) is -1.10. The first kappa shape index (κ1) is 13.4. The summed E-state index contributed by atoms with van der Waals surface area (Å²) in [5, 5.41) is 1.91. The Morgan fingerprint density at radius 3 is 2.94 bits per heavy atom. The van der Waals surface area contributed by atoms with Crippen LogP contribution in [-0.2, 0) is 21.4 Å². The average molecular weight is 292 g/mol. The van der Waals surface area contributed by atoms with Gasteiger partial charge in [-0.2, -0.15) is 8.42 Å². The summed E-state index contributed by atoms with van der Waals surface area (Å²) in [5.41, 5.74) is 2.63. The van der Waals surface area contributed by atoms with Gasteiger partial charge in [-0.05, 0) is 0 Å². The van der Waals surface area contributed by atoms with Crippen LogP contribution in [0.25, 0.3) is 0 Å². The molecule has 2 rings (SSSR count). The van der Waals surface area contributed by atoms with Gasteiger partial charge >= 0.3 is 10.2 Å². The number of hydrogen-bond donors (Lipinski definition) is 0. The molecule has 0 radical (unpaired) electrons. The molecule has 1 fully saturated rings. The zero-order valence-electron chi connectivity index (χ0n) is 9.58. The van der Waals surface area contributed by atoms with E-state index < -0.39 is 21.9 Å². The van der Waals surface area contributed by atoms with Gasteiger partial charge in [0.15, 0.2) is 0 Å². The minimum atomic E-state index is -4.50. The molecule has 100 valence electrons. The van der Waals surface area contributed by atoms with Crippen LogP contribution in [0, 0.1) is 5.92 Å². The first-order valence-electron chi connectivity index (χ1n) is 5.51. The van der Waals surface area contributed by atoms with E-state index in [1.807, 2.05) is 5.38 Å². The quantitative estimate of drug-likeness (QED) is 0.754. The second-order valence-electron chi connectivity index (χ2n) is 4.35. The summed E-state index contributed by atoms with van der Waals surface area (Å²) in [6.45, 7) is 0.817. The van der Waals surface area contributed by atoms with E-state index >= 15 is 0 Å². The molecule has 1 amide bonds. The molecule has 1 saturated heterocycles. The fraction of sp³-hybridized carbons (Fsp3) is 0.600. The van der Waals surface area contributed by atoms with Crippen LogP contribution in [-0.4, -0.2) is 43.1 Å². The predicted molar refractivity (Wildman–Crippen MR) is 65.4 cm³/mol. The summed E-state index contributed by atoms with van der Waals surface area (Å²) >= 11 is 1.49. The number of nitrogens with zero attached hydrogens (tertiary/aromatic N) is 2. The molecule has 1 aliphatic rings. The van der Waals surface area contributed by atoms with Crippen LogP contribution in [0.15, 0.2) is 10.9 Å². The number of thiazole rings is 1. The summed E-state index contributed by atoms with van der Waals surface area (Å²) < 4.78 is 33.6. The first-order chi connectivity index (χ1) is 8.44. The minimum absolute atomic E-state index is 0.111. The van der Waals surface area contributed by atoms with Crippen molar-refractivity contribution in [3.05, 3.63) is 16.6 Å². The van der Waals surface area contributed by atoms with Gasteiger partial charge in [0.25, 0.3) is 0 Å². The van der Waals surface area contributed by atoms with Crippen LogP contribution in [0.1, 0.15) is 12.1 Å². The van der Waals surface area contributed by atoms with Gasteiger partial charge in [-0.1, -0.05) is 0 Å². The minimum Gasteiger partial charge on any atom is -0.342 e. The van der Waals surface area contributed by atoms with Crippen molar-refractivity contribution in [2.75, 3.05) is 18.8 Å². The second kappa shape index (κ2) is 5.31. The summed E-state index contributed by atoms with van der Waals surface area (Å²) in [4.78, 5) is 17.3. The number of likely N-dealkylation sites (tertiary alicyclic amines) is 1. The Bertz CT molecular complexity index is 515. The van der Waals surface area contributed by atoms with Crippen LogP contribution in [0.4, 0.5) is 3.89 Å². The number of amides is 1. The van der Waals surface area contributed by atoms with Crippen molar-refractivity contribution in [1.82, 2.24) is 9.88 Å². The highest BCUT2D eigenvalue weighted by Crippen LogP contribution is 2.20. The van der Waals surface area contributed by atoms with Gasteiger partial charge in [-0.3, -0.25) is 4.79 Å². The van der Waals surface area contributed by atoms with Crippen LogP contribution in [0.2, 0.25) is 0 Å². The van der Waals surface area contributed by atoms with Crippen LogP contribution in [0.3, 0.4) is 0 Å². The van der Waals surface area contributed by atoms with Crippen molar-refractivity contribution in [3.8, 4) is 0 Å². The molecule has 0 aliphatic carbocycles. The number of carbonyl (C=O) groups is 1. The summed E-state index contributed by atoms with van der Waals surface area (Å²) in [7, 11) is -4.50. The van der Waals surface area contributed by atoms with E-state index in [0.29, 0.717) is 19.5 Å². The fourth-order valence-corrected chi connectivity index (χ4v) is 3.45. The van der Waals surface area contributed by atoms with Gasteiger partial charge < -0.3 is 4.90 Å². The second-order valence-corrected chi connectivity index (χ2v) is 6.47. The Labute approximate surface area is 109 Å². The molecule has 1 aliphatic heterocycles. The molecule has 0 spiro atoms. The van der Waals surface area contributed by atoms with E-state index in [9.17, 15) is 17.1 Å². The van der Waals surface area contributed by atoms with Gasteiger partial charge in [0, 0.05) is 37.2 Å². The van der Waals surface area contributed by atoms with Crippen LogP contribution in [0.5, 0.6) is 0 Å². The lowest BCUT2D eigenvalue weighted by molar-refractivity contribution is -0.127.